The van der Waals surface area contributed by atoms with Crippen LogP contribution in [-0.4, -0.2) is 34.5 Å². The quantitative estimate of drug-likeness (QED) is 0.528. The number of hydrogen-bond acceptors (Lipinski definition) is 3. The minimum absolute atomic E-state index is 0.281. The van der Waals surface area contributed by atoms with Crippen molar-refractivity contribution in [3.8, 4) is 0 Å². The fraction of sp³-hybridized carbons (Fsp3) is 0.500. The Balaban J connectivity index is 3.72. The predicted molar refractivity (Wildman–Crippen MR) is 34.3 cm³/mol. The van der Waals surface area contributed by atoms with Crippen LogP contribution in [0, 0.1) is 0 Å². The highest BCUT2D eigenvalue weighted by Crippen LogP contribution is 1.92. The highest BCUT2D eigenvalue weighted by molar-refractivity contribution is 6.22. The zero-order valence-electron chi connectivity index (χ0n) is 5.08. The van der Waals surface area contributed by atoms with E-state index in [1.54, 1.807) is 0 Å². The third-order valence-electron chi connectivity index (χ3n) is 0.719. The molecular weight excluding hydrogens is 160 g/mol. The monoisotopic (exact) mass is 166 g/mol. The second-order valence-electron chi connectivity index (χ2n) is 1.51. The van der Waals surface area contributed by atoms with E-state index >= 15 is 0 Å². The smallest absolute Gasteiger partial charge is 0.324 e. The van der Waals surface area contributed by atoms with Crippen LogP contribution in [0.5, 0.6) is 0 Å². The average Bonchev–Trinajstić information content (AvgIpc) is 1.85. The number of carbonyl (C=O) groups excluding carboxylic acids is 1. The number of nitrogens with zero attached hydrogens (tertiary/aromatic N) is 1. The van der Waals surface area contributed by atoms with Gasteiger partial charge in [0.05, 0.1) is 6.54 Å². The molecular formula is C4H7ClN2O3. The minimum Gasteiger partial charge on any atom is -0.480 e. The summed E-state index contributed by atoms with van der Waals surface area (Å²) in [5.41, 5.74) is 4.88. The molecule has 0 heterocycles. The Labute approximate surface area is 62.5 Å². The van der Waals surface area contributed by atoms with Crippen LogP contribution in [0.15, 0.2) is 0 Å². The van der Waals surface area contributed by atoms with Gasteiger partial charge in [0.1, 0.15) is 6.54 Å². The van der Waals surface area contributed by atoms with Gasteiger partial charge >= 0.3 is 5.97 Å². The molecule has 0 aliphatic carbocycles. The van der Waals surface area contributed by atoms with Crippen LogP contribution in [0.3, 0.4) is 0 Å². The Bertz CT molecular complexity index is 149. The summed E-state index contributed by atoms with van der Waals surface area (Å²) in [4.78, 5) is 20.4. The lowest BCUT2D eigenvalue weighted by molar-refractivity contribution is -0.140. The van der Waals surface area contributed by atoms with E-state index in [9.17, 15) is 9.59 Å². The zero-order chi connectivity index (χ0) is 8.15. The van der Waals surface area contributed by atoms with E-state index in [-0.39, 0.29) is 6.54 Å². The Hall–Kier alpha value is -0.810. The Morgan fingerprint density at radius 2 is 2.10 bits per heavy atom. The maximum Gasteiger partial charge on any atom is 0.324 e. The SMILES string of the molecule is NCC(=O)N(Cl)CC(=O)O. The minimum atomic E-state index is -1.17. The molecule has 1 amide bonds. The molecule has 0 saturated carbocycles. The van der Waals surface area contributed by atoms with Crippen molar-refractivity contribution in [2.75, 3.05) is 13.1 Å². The summed E-state index contributed by atoms with van der Waals surface area (Å²) in [6.45, 7) is -0.811. The van der Waals surface area contributed by atoms with Gasteiger partial charge in [-0.2, -0.15) is 0 Å². The summed E-state index contributed by atoms with van der Waals surface area (Å²) in [5, 5.41) is 8.11. The van der Waals surface area contributed by atoms with Crippen LogP contribution in [0.1, 0.15) is 0 Å². The molecule has 6 heteroatoms. The molecule has 0 saturated heterocycles. The summed E-state index contributed by atoms with van der Waals surface area (Å²) in [6, 6.07) is 0. The molecule has 0 aromatic carbocycles. The molecule has 0 aromatic rings. The van der Waals surface area contributed by atoms with Gasteiger partial charge in [-0.15, -0.1) is 0 Å². The van der Waals surface area contributed by atoms with Crippen molar-refractivity contribution < 1.29 is 14.7 Å². The molecule has 0 unspecified atom stereocenters. The number of amides is 1. The molecule has 0 radical (unpaired) electrons. The Morgan fingerprint density at radius 1 is 1.60 bits per heavy atom. The summed E-state index contributed by atoms with van der Waals surface area (Å²) in [7, 11) is 0. The number of aliphatic carboxylic acids is 1. The average molecular weight is 167 g/mol. The second kappa shape index (κ2) is 4.08. The first-order valence-corrected chi connectivity index (χ1v) is 2.79. The van der Waals surface area contributed by atoms with Crippen molar-refractivity contribution in [2.24, 2.45) is 5.73 Å². The lowest BCUT2D eigenvalue weighted by Gasteiger charge is -2.07. The zero-order valence-corrected chi connectivity index (χ0v) is 5.84. The molecule has 0 atom stereocenters. The molecule has 0 aliphatic rings. The first kappa shape index (κ1) is 9.19. The van der Waals surface area contributed by atoms with Gasteiger partial charge in [-0.3, -0.25) is 9.59 Å². The van der Waals surface area contributed by atoms with Gasteiger partial charge in [0.25, 0.3) is 5.91 Å². The van der Waals surface area contributed by atoms with Crippen molar-refractivity contribution >= 4 is 23.7 Å². The van der Waals surface area contributed by atoms with Gasteiger partial charge < -0.3 is 10.8 Å². The molecule has 0 aliphatic heterocycles. The number of carboxylic acid groups (broad SMARTS) is 1. The maximum atomic E-state index is 10.5. The Morgan fingerprint density at radius 3 is 2.40 bits per heavy atom. The fourth-order valence-electron chi connectivity index (χ4n) is 0.306. The number of carboxylic acids is 1. The number of halogens is 1. The largest absolute Gasteiger partial charge is 0.480 e. The number of rotatable bonds is 3. The van der Waals surface area contributed by atoms with E-state index in [1.807, 2.05) is 0 Å². The van der Waals surface area contributed by atoms with Gasteiger partial charge in [0.2, 0.25) is 0 Å². The first-order chi connectivity index (χ1) is 4.57. The third kappa shape index (κ3) is 3.26. The van der Waals surface area contributed by atoms with Gasteiger partial charge in [0, 0.05) is 11.8 Å². The molecule has 0 bridgehead atoms. The number of hydrogen-bond donors (Lipinski definition) is 2. The summed E-state index contributed by atoms with van der Waals surface area (Å²) >= 11 is 5.15. The Kier molecular flexibility index (Phi) is 3.75. The van der Waals surface area contributed by atoms with E-state index in [1.165, 1.54) is 0 Å². The summed E-state index contributed by atoms with van der Waals surface area (Å²) < 4.78 is 0.530. The van der Waals surface area contributed by atoms with Gasteiger partial charge in [0.15, 0.2) is 0 Å². The maximum absolute atomic E-state index is 10.5. The first-order valence-electron chi connectivity index (χ1n) is 2.46. The van der Waals surface area contributed by atoms with Crippen LogP contribution < -0.4 is 5.73 Å². The van der Waals surface area contributed by atoms with Crippen molar-refractivity contribution in [1.29, 1.82) is 0 Å². The lowest BCUT2D eigenvalue weighted by Crippen LogP contribution is -2.32. The molecule has 58 valence electrons. The standard InChI is InChI=1S/C4H7ClN2O3/c5-7(2-4(9)10)3(8)1-6/h1-2,6H2,(H,9,10). The van der Waals surface area contributed by atoms with Gasteiger partial charge in [-0.25, -0.2) is 4.42 Å². The highest BCUT2D eigenvalue weighted by atomic mass is 35.5. The van der Waals surface area contributed by atoms with Crippen molar-refractivity contribution in [3.05, 3.63) is 0 Å². The van der Waals surface area contributed by atoms with Crippen LogP contribution in [0.25, 0.3) is 0 Å². The van der Waals surface area contributed by atoms with Crippen LogP contribution in [-0.2, 0) is 9.59 Å². The molecule has 5 nitrogen and oxygen atoms in total. The van der Waals surface area contributed by atoms with Crippen LogP contribution in [0.2, 0.25) is 0 Å². The topological polar surface area (TPSA) is 83.6 Å². The number of nitrogens with two attached hydrogens (primary N) is 1. The molecule has 0 fully saturated rings. The molecule has 0 rings (SSSR count). The molecule has 0 spiro atoms. The van der Waals surface area contributed by atoms with Crippen molar-refractivity contribution in [2.45, 2.75) is 0 Å². The van der Waals surface area contributed by atoms with E-state index in [0.717, 1.165) is 0 Å². The van der Waals surface area contributed by atoms with Crippen molar-refractivity contribution in [1.82, 2.24) is 4.42 Å². The van der Waals surface area contributed by atoms with Gasteiger partial charge in [-0.05, 0) is 0 Å². The number of carbonyl (C=O) groups is 2. The van der Waals surface area contributed by atoms with E-state index in [2.05, 4.69) is 0 Å². The lowest BCUT2D eigenvalue weighted by atomic mass is 10.5. The van der Waals surface area contributed by atoms with Crippen LogP contribution >= 0.6 is 11.8 Å². The second-order valence-corrected chi connectivity index (χ2v) is 1.92. The third-order valence-corrected chi connectivity index (χ3v) is 1.03. The van der Waals surface area contributed by atoms with Crippen molar-refractivity contribution in [3.63, 3.8) is 0 Å². The van der Waals surface area contributed by atoms with Crippen LogP contribution in [0.4, 0.5) is 0 Å². The fourth-order valence-corrected chi connectivity index (χ4v) is 0.477. The predicted octanol–water partition coefficient (Wildman–Crippen LogP) is -0.988. The molecule has 3 N–H and O–H groups in total. The van der Waals surface area contributed by atoms with E-state index < -0.39 is 18.4 Å². The molecule has 10 heavy (non-hydrogen) atoms. The summed E-state index contributed by atoms with van der Waals surface area (Å²) in [6.07, 6.45) is 0. The normalized spacial score (nSPS) is 9.00. The van der Waals surface area contributed by atoms with E-state index in [4.69, 9.17) is 22.6 Å². The molecule has 0 aromatic heterocycles. The highest BCUT2D eigenvalue weighted by Gasteiger charge is 2.11. The summed E-state index contributed by atoms with van der Waals surface area (Å²) in [5.74, 6) is -1.78. The van der Waals surface area contributed by atoms with E-state index in [0.29, 0.717) is 4.42 Å². The van der Waals surface area contributed by atoms with Gasteiger partial charge in [-0.1, -0.05) is 0 Å².